The van der Waals surface area contributed by atoms with Gasteiger partial charge in [-0.2, -0.15) is 5.10 Å². The normalized spacial score (nSPS) is 18.0. The Morgan fingerprint density at radius 2 is 2.39 bits per heavy atom. The second kappa shape index (κ2) is 5.49. The van der Waals surface area contributed by atoms with Gasteiger partial charge in [0.1, 0.15) is 0 Å². The van der Waals surface area contributed by atoms with Crippen molar-refractivity contribution in [3.8, 4) is 0 Å². The third-order valence-electron chi connectivity index (χ3n) is 4.35. The molecule has 0 spiro atoms. The van der Waals surface area contributed by atoms with Crippen LogP contribution in [0.5, 0.6) is 0 Å². The summed E-state index contributed by atoms with van der Waals surface area (Å²) in [5.74, 6) is 0.00894. The van der Waals surface area contributed by atoms with E-state index < -0.39 is 0 Å². The maximum atomic E-state index is 12.9. The smallest absolute Gasteiger partial charge is 0.257 e. The second-order valence-electron chi connectivity index (χ2n) is 5.87. The van der Waals surface area contributed by atoms with E-state index in [9.17, 15) is 4.79 Å². The van der Waals surface area contributed by atoms with Crippen molar-refractivity contribution in [2.24, 2.45) is 0 Å². The molecule has 3 aromatic rings. The highest BCUT2D eigenvalue weighted by atomic mass is 16.5. The minimum Gasteiger partial charge on any atom is -0.336 e. The quantitative estimate of drug-likeness (QED) is 0.739. The summed E-state index contributed by atoms with van der Waals surface area (Å²) in [6.45, 7) is 3.34. The molecule has 1 aliphatic heterocycles. The molecule has 4 heterocycles. The highest BCUT2D eigenvalue weighted by Gasteiger charge is 2.30. The second-order valence-corrected chi connectivity index (χ2v) is 5.87. The Balaban J connectivity index is 1.59. The number of carbonyl (C=O) groups is 1. The van der Waals surface area contributed by atoms with E-state index in [0.29, 0.717) is 11.3 Å². The van der Waals surface area contributed by atoms with Crippen LogP contribution in [-0.4, -0.2) is 43.3 Å². The van der Waals surface area contributed by atoms with Crippen LogP contribution in [0.1, 0.15) is 28.9 Å². The molecule has 1 atom stereocenters. The molecule has 118 valence electrons. The van der Waals surface area contributed by atoms with Gasteiger partial charge in [0.25, 0.3) is 11.6 Å². The Morgan fingerprint density at radius 3 is 3.22 bits per heavy atom. The number of hydrogen-bond acceptors (Lipinski definition) is 5. The summed E-state index contributed by atoms with van der Waals surface area (Å²) in [5.41, 5.74) is 1.79. The number of aromatic nitrogens is 4. The maximum Gasteiger partial charge on any atom is 0.257 e. The average Bonchev–Trinajstić information content (AvgIpc) is 3.29. The molecule has 0 aromatic carbocycles. The molecule has 1 aliphatic rings. The zero-order valence-corrected chi connectivity index (χ0v) is 12.8. The molecule has 0 bridgehead atoms. The summed E-state index contributed by atoms with van der Waals surface area (Å²) >= 11 is 0. The molecular formula is C16H17N5O2. The van der Waals surface area contributed by atoms with Crippen molar-refractivity contribution in [3.63, 3.8) is 0 Å². The number of likely N-dealkylation sites (tertiary alicyclic amines) is 1. The van der Waals surface area contributed by atoms with E-state index in [0.717, 1.165) is 37.0 Å². The van der Waals surface area contributed by atoms with Crippen molar-refractivity contribution in [3.05, 3.63) is 42.0 Å². The minimum atomic E-state index is 0.00894. The van der Waals surface area contributed by atoms with Crippen LogP contribution in [0.2, 0.25) is 0 Å². The minimum absolute atomic E-state index is 0.00894. The fraction of sp³-hybridized carbons (Fsp3) is 0.375. The van der Waals surface area contributed by atoms with Gasteiger partial charge < -0.3 is 9.42 Å². The third-order valence-corrected chi connectivity index (χ3v) is 4.35. The molecule has 1 amide bonds. The lowest BCUT2D eigenvalue weighted by Gasteiger charge is -2.24. The number of rotatable bonds is 3. The van der Waals surface area contributed by atoms with Gasteiger partial charge >= 0.3 is 0 Å². The van der Waals surface area contributed by atoms with E-state index >= 15 is 0 Å². The van der Waals surface area contributed by atoms with Crippen molar-refractivity contribution in [1.82, 2.24) is 24.8 Å². The number of hydrogen-bond donors (Lipinski definition) is 0. The summed E-state index contributed by atoms with van der Waals surface area (Å²) in [6, 6.07) is 3.88. The fourth-order valence-electron chi connectivity index (χ4n) is 3.15. The first-order valence-electron chi connectivity index (χ1n) is 7.73. The molecule has 0 aliphatic carbocycles. The predicted molar refractivity (Wildman–Crippen MR) is 82.8 cm³/mol. The van der Waals surface area contributed by atoms with Crippen LogP contribution in [-0.2, 0) is 6.54 Å². The molecule has 1 fully saturated rings. The molecule has 3 aromatic heterocycles. The zero-order valence-electron chi connectivity index (χ0n) is 12.8. The Bertz CT molecular complexity index is 839. The molecule has 0 unspecified atom stereocenters. The predicted octanol–water partition coefficient (Wildman–Crippen LogP) is 2.03. The Kier molecular flexibility index (Phi) is 3.33. The largest absolute Gasteiger partial charge is 0.336 e. The number of aryl methyl sites for hydroxylation is 1. The molecule has 0 radical (unpaired) electrons. The Hall–Kier alpha value is -2.70. The molecule has 0 saturated carbocycles. The van der Waals surface area contributed by atoms with E-state index in [1.165, 1.54) is 0 Å². The standard InChI is InChI=1S/C16H17N5O2/c1-11-14-8-12(9-17-15(14)23-19-11)16(22)21-7-2-4-13(21)10-20-6-3-5-18-20/h3,5-6,8-9,13H,2,4,7,10H2,1H3/t13-/m1/s1. The van der Waals surface area contributed by atoms with Gasteiger partial charge in [0, 0.05) is 25.1 Å². The summed E-state index contributed by atoms with van der Waals surface area (Å²) in [7, 11) is 0. The number of nitrogens with zero attached hydrogens (tertiary/aromatic N) is 5. The first-order chi connectivity index (χ1) is 11.2. The van der Waals surface area contributed by atoms with Gasteiger partial charge in [0.2, 0.25) is 0 Å². The van der Waals surface area contributed by atoms with Crippen molar-refractivity contribution in [1.29, 1.82) is 0 Å². The van der Waals surface area contributed by atoms with Crippen LogP contribution >= 0.6 is 0 Å². The van der Waals surface area contributed by atoms with Gasteiger partial charge in [-0.25, -0.2) is 4.98 Å². The van der Waals surface area contributed by atoms with Gasteiger partial charge in [-0.1, -0.05) is 5.16 Å². The first kappa shape index (κ1) is 13.9. The van der Waals surface area contributed by atoms with Crippen molar-refractivity contribution < 1.29 is 9.32 Å². The topological polar surface area (TPSA) is 77.0 Å². The number of fused-ring (bicyclic) bond motifs is 1. The monoisotopic (exact) mass is 311 g/mol. The first-order valence-corrected chi connectivity index (χ1v) is 7.73. The maximum absolute atomic E-state index is 12.9. The van der Waals surface area contributed by atoms with E-state index in [2.05, 4.69) is 15.2 Å². The van der Waals surface area contributed by atoms with Crippen molar-refractivity contribution in [2.75, 3.05) is 6.54 Å². The zero-order chi connectivity index (χ0) is 15.8. The van der Waals surface area contributed by atoms with Crippen LogP contribution in [0.15, 0.2) is 35.2 Å². The molecule has 23 heavy (non-hydrogen) atoms. The number of amides is 1. The van der Waals surface area contributed by atoms with Gasteiger partial charge in [-0.3, -0.25) is 9.48 Å². The lowest BCUT2D eigenvalue weighted by Crippen LogP contribution is -2.38. The van der Waals surface area contributed by atoms with Gasteiger partial charge in [0.15, 0.2) is 0 Å². The molecule has 1 saturated heterocycles. The molecular weight excluding hydrogens is 294 g/mol. The van der Waals surface area contributed by atoms with E-state index in [-0.39, 0.29) is 11.9 Å². The highest BCUT2D eigenvalue weighted by molar-refractivity contribution is 5.97. The van der Waals surface area contributed by atoms with Crippen LogP contribution in [0.3, 0.4) is 0 Å². The molecule has 0 N–H and O–H groups in total. The van der Waals surface area contributed by atoms with E-state index in [4.69, 9.17) is 4.52 Å². The van der Waals surface area contributed by atoms with Crippen molar-refractivity contribution >= 4 is 17.0 Å². The third kappa shape index (κ3) is 2.48. The van der Waals surface area contributed by atoms with Gasteiger partial charge in [-0.15, -0.1) is 0 Å². The molecule has 4 rings (SSSR count). The summed E-state index contributed by atoms with van der Waals surface area (Å²) < 4.78 is 6.98. The Labute approximate surface area is 132 Å². The van der Waals surface area contributed by atoms with Crippen LogP contribution < -0.4 is 0 Å². The van der Waals surface area contributed by atoms with Crippen LogP contribution in [0, 0.1) is 6.92 Å². The molecule has 7 heteroatoms. The molecule has 7 nitrogen and oxygen atoms in total. The SMILES string of the molecule is Cc1noc2ncc(C(=O)N3CCC[C@@H]3Cn3cccn3)cc12. The Morgan fingerprint density at radius 1 is 1.48 bits per heavy atom. The average molecular weight is 311 g/mol. The van der Waals surface area contributed by atoms with E-state index in [1.54, 1.807) is 12.4 Å². The summed E-state index contributed by atoms with van der Waals surface area (Å²) in [6.07, 6.45) is 7.26. The van der Waals surface area contributed by atoms with Gasteiger partial charge in [0.05, 0.1) is 29.2 Å². The van der Waals surface area contributed by atoms with Crippen LogP contribution in [0.25, 0.3) is 11.1 Å². The van der Waals surface area contributed by atoms with E-state index in [1.807, 2.05) is 34.8 Å². The van der Waals surface area contributed by atoms with Crippen molar-refractivity contribution in [2.45, 2.75) is 32.4 Å². The summed E-state index contributed by atoms with van der Waals surface area (Å²) in [5, 5.41) is 8.91. The summed E-state index contributed by atoms with van der Waals surface area (Å²) in [4.78, 5) is 19.0. The number of carbonyl (C=O) groups excluding carboxylic acids is 1. The van der Waals surface area contributed by atoms with Gasteiger partial charge in [-0.05, 0) is 31.9 Å². The van der Waals surface area contributed by atoms with Crippen LogP contribution in [0.4, 0.5) is 0 Å². The fourth-order valence-corrected chi connectivity index (χ4v) is 3.15. The lowest BCUT2D eigenvalue weighted by molar-refractivity contribution is 0.0721. The highest BCUT2D eigenvalue weighted by Crippen LogP contribution is 2.23. The number of pyridine rings is 1. The lowest BCUT2D eigenvalue weighted by atomic mass is 10.1.